The van der Waals surface area contributed by atoms with Crippen LogP contribution in [0, 0.1) is 166 Å². The van der Waals surface area contributed by atoms with Gasteiger partial charge in [-0.2, -0.15) is 0 Å². The Morgan fingerprint density at radius 2 is 0.829 bits per heavy atom. The van der Waals surface area contributed by atoms with E-state index in [1.807, 2.05) is 24.3 Å². The highest BCUT2D eigenvalue weighted by Crippen LogP contribution is 2.92. The maximum Gasteiger partial charge on any atom is 0.0709 e. The molecule has 17 aliphatic carbocycles. The van der Waals surface area contributed by atoms with Gasteiger partial charge < -0.3 is 4.90 Å². The fraction of sp³-hybridized carbons (Fsp3) is 0.452. The molecule has 22 rings (SSSR count). The molecule has 29 unspecified atom stereocenters. The monoisotopic (exact) mass is 984 g/mol. The highest BCUT2D eigenvalue weighted by Gasteiger charge is 2.87. The predicted molar refractivity (Wildman–Crippen MR) is 299 cm³/mol. The van der Waals surface area contributed by atoms with Crippen LogP contribution in [0.5, 0.6) is 0 Å². The van der Waals surface area contributed by atoms with Crippen molar-refractivity contribution in [2.45, 2.75) is 31.6 Å². The minimum atomic E-state index is 0.667. The number of aromatic nitrogens is 2. The lowest BCUT2D eigenvalue weighted by atomic mass is 9.44. The highest BCUT2D eigenvalue weighted by atomic mass is 15.1. The Balaban J connectivity index is 0.686. The van der Waals surface area contributed by atoms with Gasteiger partial charge in [0.2, 0.25) is 0 Å². The third kappa shape index (κ3) is 4.22. The van der Waals surface area contributed by atoms with Gasteiger partial charge in [-0.05, 0) is 270 Å². The normalized spacial score (nSPS) is 50.2. The first kappa shape index (κ1) is 40.4. The van der Waals surface area contributed by atoms with Crippen LogP contribution in [-0.2, 0) is 0 Å². The molecule has 2 heterocycles. The molecule has 29 atom stereocenters. The average Bonchev–Trinajstić information content (AvgIpc) is 3.33. The van der Waals surface area contributed by atoms with Crippen LogP contribution in [0.1, 0.15) is 48.6 Å². The summed E-state index contributed by atoms with van der Waals surface area (Å²) in [7, 11) is 0. The third-order valence-corrected chi connectivity index (χ3v) is 28.0. The average molecular weight is 984 g/mol. The van der Waals surface area contributed by atoms with Gasteiger partial charge in [-0.25, -0.2) is 9.97 Å². The van der Waals surface area contributed by atoms with E-state index in [1.165, 1.54) is 5.69 Å². The van der Waals surface area contributed by atoms with E-state index in [0.717, 1.165) is 205 Å². The molecule has 3 nitrogen and oxygen atoms in total. The number of pyridine rings is 2. The minimum Gasteiger partial charge on any atom is -0.311 e. The summed E-state index contributed by atoms with van der Waals surface area (Å²) in [5.74, 6) is 27.3. The van der Waals surface area contributed by atoms with Crippen LogP contribution in [-0.4, -0.2) is 9.97 Å². The van der Waals surface area contributed by atoms with E-state index < -0.39 is 0 Å². The van der Waals surface area contributed by atoms with E-state index in [1.54, 1.807) is 31.2 Å². The van der Waals surface area contributed by atoms with Crippen molar-refractivity contribution >= 4 is 29.2 Å². The van der Waals surface area contributed by atoms with Crippen molar-refractivity contribution in [3.05, 3.63) is 186 Å². The van der Waals surface area contributed by atoms with Crippen molar-refractivity contribution in [2.24, 2.45) is 166 Å². The number of anilines is 3. The summed E-state index contributed by atoms with van der Waals surface area (Å²) in [5, 5.41) is 0. The summed E-state index contributed by atoms with van der Waals surface area (Å²) < 4.78 is 0. The summed E-state index contributed by atoms with van der Waals surface area (Å²) >= 11 is 0. The molecule has 0 saturated heterocycles. The minimum absolute atomic E-state index is 0.667. The van der Waals surface area contributed by atoms with Gasteiger partial charge in [0.15, 0.2) is 0 Å². The van der Waals surface area contributed by atoms with E-state index in [2.05, 4.69) is 162 Å². The Hall–Kier alpha value is -5.80. The van der Waals surface area contributed by atoms with Crippen molar-refractivity contribution in [3.63, 3.8) is 0 Å². The molecule has 0 spiro atoms. The molecule has 5 aromatic rings. The molecule has 17 aliphatic rings. The van der Waals surface area contributed by atoms with Crippen molar-refractivity contribution in [1.82, 2.24) is 9.97 Å². The summed E-state index contributed by atoms with van der Waals surface area (Å²) in [6.07, 6.45) is 21.8. The number of allylic oxidation sites excluding steroid dienone is 8. The molecule has 3 aromatic carbocycles. The van der Waals surface area contributed by atoms with Crippen molar-refractivity contribution in [2.75, 3.05) is 4.90 Å². The Labute approximate surface area is 447 Å². The van der Waals surface area contributed by atoms with E-state index in [0.29, 0.717) is 11.8 Å². The molecule has 0 radical (unpaired) electrons. The van der Waals surface area contributed by atoms with Crippen LogP contribution in [0.4, 0.5) is 17.1 Å². The molecule has 0 bridgehead atoms. The SMILES string of the molecule is C=Cc1cccc(-c2ccc(N(c3ccc(-c4cccc(C=C)n4)cc3)c3ccc(C4C5C6=C7C8C9C%10=C%11C%12C(C=CC6C%128)C6C=CC8C%12CCC%13C%14CCC%15C(C7C7C%15C%14C%14C%13C%12C(C%10C%14C97)C8C%116)C54)cc3)cc2)n1. The third-order valence-electron chi connectivity index (χ3n) is 28.0. The summed E-state index contributed by atoms with van der Waals surface area (Å²) in [4.78, 5) is 12.2. The smallest absolute Gasteiger partial charge is 0.0709 e. The number of rotatable bonds is 8. The lowest BCUT2D eigenvalue weighted by Crippen LogP contribution is -2.57. The van der Waals surface area contributed by atoms with Crippen molar-refractivity contribution in [3.8, 4) is 22.5 Å². The maximum atomic E-state index is 4.89. The molecule has 372 valence electrons. The Morgan fingerprint density at radius 1 is 0.355 bits per heavy atom. The first-order valence-corrected chi connectivity index (χ1v) is 30.8. The second-order valence-electron chi connectivity index (χ2n) is 28.7. The standard InChI is InChI=1S/C73H65N3/c1-3-34-7-5-9-47(74-34)31-11-17-36(18-12-31)76(37-19-13-32(14-20-37)48-10-6-8-35(4-2)75-48)38-21-15-33(16-22-38)49-60-58-45-29-27-43-41-25-23-39-40-24-26-42-44-28-30-46-57-55(44)64-53(42)51(40)62-50(39)52(41)63-54(43)56(45)65-67(58)68(59(46)61(49)60)66(57)73-71(64)69(62)70(63)72(65)73/h3-23,25,27,29,39-46,49-57,59-62,64-66,68-69,71-73H,1-2,24,26,28,30H2. The quantitative estimate of drug-likeness (QED) is 0.145. The van der Waals surface area contributed by atoms with Crippen LogP contribution in [0.2, 0.25) is 0 Å². The van der Waals surface area contributed by atoms with Crippen LogP contribution in [0.15, 0.2) is 169 Å². The number of fused-ring (bicyclic) bond motifs is 8. The number of nitrogens with zero attached hydrogens (tertiary/aromatic N) is 3. The van der Waals surface area contributed by atoms with Gasteiger partial charge in [0.05, 0.1) is 22.8 Å². The molecule has 0 N–H and O–H groups in total. The van der Waals surface area contributed by atoms with Crippen LogP contribution >= 0.6 is 0 Å². The van der Waals surface area contributed by atoms with Crippen molar-refractivity contribution < 1.29 is 0 Å². The van der Waals surface area contributed by atoms with Gasteiger partial charge in [-0.3, -0.25) is 0 Å². The Morgan fingerprint density at radius 3 is 1.50 bits per heavy atom. The van der Waals surface area contributed by atoms with Gasteiger partial charge in [-0.1, -0.05) is 108 Å². The molecule has 0 aliphatic heterocycles. The van der Waals surface area contributed by atoms with Gasteiger partial charge in [0.25, 0.3) is 0 Å². The number of hydrogen-bond acceptors (Lipinski definition) is 3. The van der Waals surface area contributed by atoms with Gasteiger partial charge in [0.1, 0.15) is 0 Å². The zero-order chi connectivity index (χ0) is 48.6. The molecule has 2 aromatic heterocycles. The molecule has 0 amide bonds. The Kier molecular flexibility index (Phi) is 7.02. The molecular formula is C73H65N3. The van der Waals surface area contributed by atoms with Crippen LogP contribution < -0.4 is 4.90 Å². The lowest BCUT2D eigenvalue weighted by Gasteiger charge is -2.60. The van der Waals surface area contributed by atoms with Crippen LogP contribution in [0.25, 0.3) is 34.7 Å². The second kappa shape index (κ2) is 13.2. The fourth-order valence-electron chi connectivity index (χ4n) is 27.5. The fourth-order valence-corrected chi connectivity index (χ4v) is 27.5. The van der Waals surface area contributed by atoms with E-state index in [-0.39, 0.29) is 0 Å². The zero-order valence-corrected chi connectivity index (χ0v) is 43.2. The topological polar surface area (TPSA) is 29.0 Å². The van der Waals surface area contributed by atoms with Gasteiger partial charge >= 0.3 is 0 Å². The van der Waals surface area contributed by atoms with E-state index >= 15 is 0 Å². The first-order valence-electron chi connectivity index (χ1n) is 30.8. The summed E-state index contributed by atoms with van der Waals surface area (Å²) in [5.41, 5.74) is 19.9. The van der Waals surface area contributed by atoms with Gasteiger partial charge in [0, 0.05) is 34.1 Å². The Bertz CT molecular complexity index is 3570. The largest absolute Gasteiger partial charge is 0.311 e. The number of hydrogen-bond donors (Lipinski definition) is 0. The summed E-state index contributed by atoms with van der Waals surface area (Å²) in [6.45, 7) is 7.98. The van der Waals surface area contributed by atoms with E-state index in [9.17, 15) is 0 Å². The molecule has 3 heteroatoms. The molecule has 11 fully saturated rings. The van der Waals surface area contributed by atoms with E-state index in [4.69, 9.17) is 9.97 Å². The highest BCUT2D eigenvalue weighted by molar-refractivity contribution is 5.80. The van der Waals surface area contributed by atoms with Gasteiger partial charge in [-0.15, -0.1) is 0 Å². The lowest BCUT2D eigenvalue weighted by molar-refractivity contribution is -0.127. The number of benzene rings is 3. The zero-order valence-electron chi connectivity index (χ0n) is 43.2. The summed E-state index contributed by atoms with van der Waals surface area (Å²) in [6, 6.07) is 40.7. The maximum absolute atomic E-state index is 4.89. The molecular weight excluding hydrogens is 919 g/mol. The first-order chi connectivity index (χ1) is 37.7. The molecule has 11 saturated carbocycles. The van der Waals surface area contributed by atoms with Crippen LogP contribution in [0.3, 0.4) is 0 Å². The molecule has 76 heavy (non-hydrogen) atoms. The second-order valence-corrected chi connectivity index (χ2v) is 28.7. The predicted octanol–water partition coefficient (Wildman–Crippen LogP) is 15.4. The van der Waals surface area contributed by atoms with Crippen molar-refractivity contribution in [1.29, 1.82) is 0 Å².